The topological polar surface area (TPSA) is 59.3 Å². The van der Waals surface area contributed by atoms with Crippen LogP contribution in [0.25, 0.3) is 0 Å². The second-order valence-electron chi connectivity index (χ2n) is 5.47. The molecule has 0 saturated heterocycles. The normalized spacial score (nSPS) is 11.0. The van der Waals surface area contributed by atoms with E-state index in [2.05, 4.69) is 24.3 Å². The van der Waals surface area contributed by atoms with Crippen molar-refractivity contribution in [3.05, 3.63) is 40.2 Å². The third-order valence-electron chi connectivity index (χ3n) is 3.57. The van der Waals surface area contributed by atoms with Crippen molar-refractivity contribution in [1.82, 2.24) is 9.78 Å². The molecule has 2 N–H and O–H groups in total. The van der Waals surface area contributed by atoms with E-state index in [0.717, 1.165) is 22.5 Å². The van der Waals surface area contributed by atoms with Crippen molar-refractivity contribution < 1.29 is 9.84 Å². The number of anilines is 1. The lowest BCUT2D eigenvalue weighted by atomic mass is 10.1. The minimum Gasteiger partial charge on any atom is -0.496 e. The number of ether oxygens (including phenoxy) is 1. The van der Waals surface area contributed by atoms with Gasteiger partial charge >= 0.3 is 0 Å². The monoisotopic (exact) mass is 323 g/mol. The van der Waals surface area contributed by atoms with Crippen molar-refractivity contribution in [3.63, 3.8) is 0 Å². The molecule has 22 heavy (non-hydrogen) atoms. The molecule has 120 valence electrons. The molecule has 1 aromatic carbocycles. The molecule has 0 amide bonds. The Bertz CT molecular complexity index is 653. The Kier molecular flexibility index (Phi) is 5.32. The largest absolute Gasteiger partial charge is 0.496 e. The fourth-order valence-corrected chi connectivity index (χ4v) is 2.60. The first-order valence-corrected chi connectivity index (χ1v) is 7.58. The van der Waals surface area contributed by atoms with Gasteiger partial charge in [0.05, 0.1) is 19.4 Å². The van der Waals surface area contributed by atoms with E-state index in [1.807, 2.05) is 25.2 Å². The number of aliphatic hydroxyl groups excluding tert-OH is 1. The van der Waals surface area contributed by atoms with Crippen LogP contribution in [-0.4, -0.2) is 22.0 Å². The zero-order chi connectivity index (χ0) is 16.3. The maximum Gasteiger partial charge on any atom is 0.131 e. The summed E-state index contributed by atoms with van der Waals surface area (Å²) in [6.45, 7) is 4.71. The first kappa shape index (κ1) is 16.6. The van der Waals surface area contributed by atoms with Gasteiger partial charge in [-0.25, -0.2) is 0 Å². The Hall–Kier alpha value is -1.72. The van der Waals surface area contributed by atoms with Gasteiger partial charge in [0.25, 0.3) is 0 Å². The Morgan fingerprint density at radius 2 is 2.14 bits per heavy atom. The molecule has 0 aliphatic carbocycles. The molecule has 2 rings (SSSR count). The van der Waals surface area contributed by atoms with Crippen LogP contribution in [0.2, 0.25) is 5.15 Å². The number of hydrogen-bond acceptors (Lipinski definition) is 4. The minimum atomic E-state index is -0.0659. The third kappa shape index (κ3) is 3.36. The van der Waals surface area contributed by atoms with Crippen molar-refractivity contribution in [3.8, 4) is 5.75 Å². The average molecular weight is 324 g/mol. The van der Waals surface area contributed by atoms with Gasteiger partial charge in [0.2, 0.25) is 0 Å². The highest BCUT2D eigenvalue weighted by Crippen LogP contribution is 2.27. The van der Waals surface area contributed by atoms with Gasteiger partial charge in [-0.1, -0.05) is 25.4 Å². The van der Waals surface area contributed by atoms with Crippen LogP contribution < -0.4 is 10.1 Å². The quantitative estimate of drug-likeness (QED) is 0.856. The molecule has 0 atom stereocenters. The van der Waals surface area contributed by atoms with Gasteiger partial charge in [0.15, 0.2) is 0 Å². The lowest BCUT2D eigenvalue weighted by Gasteiger charge is -2.12. The maximum atomic E-state index is 9.38. The van der Waals surface area contributed by atoms with Crippen LogP contribution in [0.3, 0.4) is 0 Å². The summed E-state index contributed by atoms with van der Waals surface area (Å²) in [6, 6.07) is 5.62. The second-order valence-corrected chi connectivity index (χ2v) is 5.83. The first-order chi connectivity index (χ1) is 10.5. The molecule has 0 aliphatic heterocycles. The number of benzene rings is 1. The number of aromatic nitrogens is 2. The smallest absolute Gasteiger partial charge is 0.131 e. The molecule has 0 unspecified atom stereocenters. The Labute approximate surface area is 135 Å². The van der Waals surface area contributed by atoms with Crippen molar-refractivity contribution in [1.29, 1.82) is 0 Å². The number of halogens is 1. The van der Waals surface area contributed by atoms with Gasteiger partial charge < -0.3 is 15.2 Å². The number of aryl methyl sites for hydroxylation is 1. The van der Waals surface area contributed by atoms with Crippen molar-refractivity contribution in [2.75, 3.05) is 12.4 Å². The maximum absolute atomic E-state index is 9.38. The second kappa shape index (κ2) is 7.03. The van der Waals surface area contributed by atoms with Crippen LogP contribution in [-0.2, 0) is 20.2 Å². The highest BCUT2D eigenvalue weighted by molar-refractivity contribution is 6.30. The van der Waals surface area contributed by atoms with Crippen LogP contribution in [0, 0.1) is 0 Å². The molecular weight excluding hydrogens is 302 g/mol. The molecule has 0 fully saturated rings. The van der Waals surface area contributed by atoms with Crippen LogP contribution in [0.1, 0.15) is 36.6 Å². The van der Waals surface area contributed by atoms with Crippen LogP contribution >= 0.6 is 11.6 Å². The lowest BCUT2D eigenvalue weighted by molar-refractivity contribution is 0.274. The summed E-state index contributed by atoms with van der Waals surface area (Å²) in [5, 5.41) is 17.8. The van der Waals surface area contributed by atoms with E-state index in [0.29, 0.717) is 23.4 Å². The molecule has 0 aliphatic rings. The van der Waals surface area contributed by atoms with Gasteiger partial charge in [-0.15, -0.1) is 0 Å². The minimum absolute atomic E-state index is 0.0659. The molecule has 0 saturated carbocycles. The fourth-order valence-electron chi connectivity index (χ4n) is 2.40. The Morgan fingerprint density at radius 3 is 2.73 bits per heavy atom. The predicted octanol–water partition coefficient (Wildman–Crippen LogP) is 3.31. The predicted molar refractivity (Wildman–Crippen MR) is 88.6 cm³/mol. The highest BCUT2D eigenvalue weighted by atomic mass is 35.5. The van der Waals surface area contributed by atoms with Gasteiger partial charge in [-0.3, -0.25) is 4.68 Å². The van der Waals surface area contributed by atoms with Crippen LogP contribution in [0.5, 0.6) is 5.75 Å². The van der Waals surface area contributed by atoms with Gasteiger partial charge in [0.1, 0.15) is 10.9 Å². The van der Waals surface area contributed by atoms with E-state index >= 15 is 0 Å². The summed E-state index contributed by atoms with van der Waals surface area (Å²) >= 11 is 6.33. The van der Waals surface area contributed by atoms with Gasteiger partial charge in [-0.05, 0) is 24.1 Å². The lowest BCUT2D eigenvalue weighted by Crippen LogP contribution is -2.04. The van der Waals surface area contributed by atoms with E-state index < -0.39 is 0 Å². The number of nitrogens with one attached hydrogen (secondary N) is 1. The van der Waals surface area contributed by atoms with Gasteiger partial charge in [-0.2, -0.15) is 5.10 Å². The van der Waals surface area contributed by atoms with Crippen LogP contribution in [0.4, 0.5) is 5.69 Å². The zero-order valence-electron chi connectivity index (χ0n) is 13.4. The number of nitrogens with zero attached hydrogens (tertiary/aromatic N) is 2. The molecule has 6 heteroatoms. The summed E-state index contributed by atoms with van der Waals surface area (Å²) in [5.41, 5.74) is 3.64. The summed E-state index contributed by atoms with van der Waals surface area (Å²) in [5.74, 6) is 0.981. The number of hydrogen-bond donors (Lipinski definition) is 2. The molecule has 0 spiro atoms. The summed E-state index contributed by atoms with van der Waals surface area (Å²) in [7, 11) is 3.43. The summed E-state index contributed by atoms with van der Waals surface area (Å²) in [4.78, 5) is 0. The Balaban J connectivity index is 2.20. The van der Waals surface area contributed by atoms with E-state index in [9.17, 15) is 5.11 Å². The van der Waals surface area contributed by atoms with Crippen molar-refractivity contribution in [2.45, 2.75) is 32.9 Å². The van der Waals surface area contributed by atoms with Crippen LogP contribution in [0.15, 0.2) is 18.2 Å². The molecule has 2 aromatic rings. The fraction of sp³-hybridized carbons (Fsp3) is 0.438. The first-order valence-electron chi connectivity index (χ1n) is 7.20. The van der Waals surface area contributed by atoms with E-state index in [1.54, 1.807) is 11.8 Å². The average Bonchev–Trinajstić information content (AvgIpc) is 2.80. The van der Waals surface area contributed by atoms with Crippen molar-refractivity contribution in [2.24, 2.45) is 7.05 Å². The SMILES string of the molecule is COc1ccc(NCc2c(C(C)C)nn(C)c2Cl)cc1CO. The number of rotatable bonds is 6. The zero-order valence-corrected chi connectivity index (χ0v) is 14.1. The van der Waals surface area contributed by atoms with Crippen molar-refractivity contribution >= 4 is 17.3 Å². The Morgan fingerprint density at radius 1 is 1.41 bits per heavy atom. The van der Waals surface area contributed by atoms with Gasteiger partial charge in [0, 0.05) is 30.4 Å². The molecule has 1 heterocycles. The van der Waals surface area contributed by atoms with E-state index in [4.69, 9.17) is 16.3 Å². The standard InChI is InChI=1S/C16H22ClN3O2/c1-10(2)15-13(16(17)20(3)19-15)8-18-12-5-6-14(22-4)11(7-12)9-21/h5-7,10,18,21H,8-9H2,1-4H3. The molecule has 0 bridgehead atoms. The highest BCUT2D eigenvalue weighted by Gasteiger charge is 2.17. The van der Waals surface area contributed by atoms with E-state index in [-0.39, 0.29) is 6.61 Å². The third-order valence-corrected chi connectivity index (χ3v) is 4.04. The van der Waals surface area contributed by atoms with E-state index in [1.165, 1.54) is 0 Å². The summed E-state index contributed by atoms with van der Waals surface area (Å²) in [6.07, 6.45) is 0. The molecule has 5 nitrogen and oxygen atoms in total. The summed E-state index contributed by atoms with van der Waals surface area (Å²) < 4.78 is 6.90. The molecule has 1 aromatic heterocycles. The molecule has 0 radical (unpaired) electrons. The number of methoxy groups -OCH3 is 1. The number of aliphatic hydroxyl groups is 1. The molecular formula is C16H22ClN3O2.